The molecule has 2 heteroatoms. The Morgan fingerprint density at radius 1 is 1.29 bits per heavy atom. The van der Waals surface area contributed by atoms with Crippen LogP contribution in [0, 0.1) is 0 Å². The first-order valence-electron chi connectivity index (χ1n) is 6.54. The van der Waals surface area contributed by atoms with Crippen molar-refractivity contribution in [1.29, 1.82) is 0 Å². The maximum atomic E-state index is 5.62. The van der Waals surface area contributed by atoms with Crippen molar-refractivity contribution < 1.29 is 4.74 Å². The molecule has 0 amide bonds. The molecular formula is C15H25NO. The molecule has 0 spiro atoms. The Morgan fingerprint density at radius 3 is 2.47 bits per heavy atom. The van der Waals surface area contributed by atoms with E-state index in [1.807, 2.05) is 0 Å². The van der Waals surface area contributed by atoms with Crippen molar-refractivity contribution in [3.05, 3.63) is 28.8 Å². The normalized spacial score (nSPS) is 10.9. The van der Waals surface area contributed by atoms with Gasteiger partial charge in [0, 0.05) is 0 Å². The molecule has 0 aromatic heterocycles. The monoisotopic (exact) mass is 235 g/mol. The summed E-state index contributed by atoms with van der Waals surface area (Å²) < 4.78 is 5.61. The standard InChI is InChI=1S/C15H25NO/c1-5-12-8-9-13(11(2)3)14(7-6-10-16)15(12)17-4/h8-9,11H,5-7,10,16H2,1-4H3. The number of nitrogens with two attached hydrogens (primary N) is 1. The van der Waals surface area contributed by atoms with Crippen LogP contribution in [0.4, 0.5) is 0 Å². The van der Waals surface area contributed by atoms with Gasteiger partial charge in [-0.3, -0.25) is 0 Å². The summed E-state index contributed by atoms with van der Waals surface area (Å²) >= 11 is 0. The highest BCUT2D eigenvalue weighted by Crippen LogP contribution is 2.32. The average molecular weight is 235 g/mol. The number of aryl methyl sites for hydroxylation is 1. The molecule has 2 nitrogen and oxygen atoms in total. The van der Waals surface area contributed by atoms with Gasteiger partial charge in [0.05, 0.1) is 7.11 Å². The minimum absolute atomic E-state index is 0.530. The Kier molecular flexibility index (Phi) is 5.49. The zero-order chi connectivity index (χ0) is 12.8. The van der Waals surface area contributed by atoms with Crippen molar-refractivity contribution >= 4 is 0 Å². The van der Waals surface area contributed by atoms with Gasteiger partial charge in [0.1, 0.15) is 5.75 Å². The minimum Gasteiger partial charge on any atom is -0.496 e. The molecule has 0 aliphatic carbocycles. The van der Waals surface area contributed by atoms with Crippen molar-refractivity contribution in [2.75, 3.05) is 13.7 Å². The van der Waals surface area contributed by atoms with Crippen LogP contribution >= 0.6 is 0 Å². The third kappa shape index (κ3) is 3.22. The SMILES string of the molecule is CCc1ccc(C(C)C)c(CCCN)c1OC. The van der Waals surface area contributed by atoms with Crippen LogP contribution in [0.3, 0.4) is 0 Å². The van der Waals surface area contributed by atoms with Gasteiger partial charge in [-0.2, -0.15) is 0 Å². The molecule has 17 heavy (non-hydrogen) atoms. The van der Waals surface area contributed by atoms with Crippen LogP contribution in [0.25, 0.3) is 0 Å². The molecule has 2 N–H and O–H groups in total. The number of hydrogen-bond donors (Lipinski definition) is 1. The first kappa shape index (κ1) is 14.0. The van der Waals surface area contributed by atoms with Crippen molar-refractivity contribution in [3.63, 3.8) is 0 Å². The molecular weight excluding hydrogens is 210 g/mol. The molecule has 0 bridgehead atoms. The van der Waals surface area contributed by atoms with E-state index in [9.17, 15) is 0 Å². The van der Waals surface area contributed by atoms with Gasteiger partial charge in [-0.15, -0.1) is 0 Å². The van der Waals surface area contributed by atoms with E-state index in [-0.39, 0.29) is 0 Å². The Balaban J connectivity index is 3.23. The van der Waals surface area contributed by atoms with E-state index in [0.29, 0.717) is 5.92 Å². The number of methoxy groups -OCH3 is 1. The third-order valence-electron chi connectivity index (χ3n) is 3.22. The van der Waals surface area contributed by atoms with E-state index < -0.39 is 0 Å². The Morgan fingerprint density at radius 2 is 2.00 bits per heavy atom. The predicted octanol–water partition coefficient (Wildman–Crippen LogP) is 3.27. The van der Waals surface area contributed by atoms with Crippen LogP contribution in [0.5, 0.6) is 5.75 Å². The lowest BCUT2D eigenvalue weighted by atomic mass is 9.91. The fraction of sp³-hybridized carbons (Fsp3) is 0.600. The van der Waals surface area contributed by atoms with Gasteiger partial charge in [0.15, 0.2) is 0 Å². The van der Waals surface area contributed by atoms with Crippen LogP contribution in [0.2, 0.25) is 0 Å². The number of ether oxygens (including phenoxy) is 1. The number of rotatable bonds is 6. The second-order valence-corrected chi connectivity index (χ2v) is 4.73. The van der Waals surface area contributed by atoms with Crippen LogP contribution in [-0.4, -0.2) is 13.7 Å². The van der Waals surface area contributed by atoms with E-state index >= 15 is 0 Å². The quantitative estimate of drug-likeness (QED) is 0.821. The molecule has 0 atom stereocenters. The molecule has 0 aliphatic heterocycles. The maximum Gasteiger partial charge on any atom is 0.125 e. The molecule has 96 valence electrons. The summed E-state index contributed by atoms with van der Waals surface area (Å²) in [4.78, 5) is 0. The summed E-state index contributed by atoms with van der Waals surface area (Å²) in [7, 11) is 1.77. The molecule has 1 rings (SSSR count). The largest absolute Gasteiger partial charge is 0.496 e. The first-order valence-corrected chi connectivity index (χ1v) is 6.54. The van der Waals surface area contributed by atoms with Gasteiger partial charge in [0.2, 0.25) is 0 Å². The zero-order valence-corrected chi connectivity index (χ0v) is 11.5. The second-order valence-electron chi connectivity index (χ2n) is 4.73. The Bertz CT molecular complexity index is 358. The van der Waals surface area contributed by atoms with Gasteiger partial charge < -0.3 is 10.5 Å². The summed E-state index contributed by atoms with van der Waals surface area (Å²) in [5.41, 5.74) is 9.67. The van der Waals surface area contributed by atoms with Gasteiger partial charge in [-0.25, -0.2) is 0 Å². The van der Waals surface area contributed by atoms with E-state index in [1.165, 1.54) is 16.7 Å². The molecule has 1 aromatic rings. The predicted molar refractivity (Wildman–Crippen MR) is 73.8 cm³/mol. The molecule has 0 aliphatic rings. The summed E-state index contributed by atoms with van der Waals surface area (Å²) in [6, 6.07) is 4.44. The van der Waals surface area contributed by atoms with Crippen molar-refractivity contribution in [2.24, 2.45) is 5.73 Å². The summed E-state index contributed by atoms with van der Waals surface area (Å²) in [5.74, 6) is 1.61. The van der Waals surface area contributed by atoms with Gasteiger partial charge in [0.25, 0.3) is 0 Å². The average Bonchev–Trinajstić information content (AvgIpc) is 2.34. The lowest BCUT2D eigenvalue weighted by Gasteiger charge is -2.19. The summed E-state index contributed by atoms with van der Waals surface area (Å²) in [6.07, 6.45) is 3.04. The molecule has 0 saturated heterocycles. The summed E-state index contributed by atoms with van der Waals surface area (Å²) in [5, 5.41) is 0. The van der Waals surface area contributed by atoms with Crippen molar-refractivity contribution in [3.8, 4) is 5.75 Å². The molecule has 0 unspecified atom stereocenters. The van der Waals surface area contributed by atoms with Gasteiger partial charge >= 0.3 is 0 Å². The molecule has 0 fully saturated rings. The van der Waals surface area contributed by atoms with E-state index in [1.54, 1.807) is 7.11 Å². The highest BCUT2D eigenvalue weighted by Gasteiger charge is 2.14. The van der Waals surface area contributed by atoms with E-state index in [0.717, 1.165) is 31.6 Å². The van der Waals surface area contributed by atoms with Crippen LogP contribution in [-0.2, 0) is 12.8 Å². The van der Waals surface area contributed by atoms with E-state index in [2.05, 4.69) is 32.9 Å². The van der Waals surface area contributed by atoms with E-state index in [4.69, 9.17) is 10.5 Å². The number of benzene rings is 1. The third-order valence-corrected chi connectivity index (χ3v) is 3.22. The fourth-order valence-electron chi connectivity index (χ4n) is 2.30. The topological polar surface area (TPSA) is 35.2 Å². The molecule has 1 aromatic carbocycles. The lowest BCUT2D eigenvalue weighted by molar-refractivity contribution is 0.403. The highest BCUT2D eigenvalue weighted by molar-refractivity contribution is 5.48. The molecule has 0 heterocycles. The highest BCUT2D eigenvalue weighted by atomic mass is 16.5. The number of hydrogen-bond acceptors (Lipinski definition) is 2. The fourth-order valence-corrected chi connectivity index (χ4v) is 2.30. The first-order chi connectivity index (χ1) is 8.15. The van der Waals surface area contributed by atoms with Crippen LogP contribution in [0.15, 0.2) is 12.1 Å². The second kappa shape index (κ2) is 6.65. The lowest BCUT2D eigenvalue weighted by Crippen LogP contribution is -2.06. The molecule has 0 radical (unpaired) electrons. The zero-order valence-electron chi connectivity index (χ0n) is 11.5. The van der Waals surface area contributed by atoms with Gasteiger partial charge in [-0.05, 0) is 48.4 Å². The van der Waals surface area contributed by atoms with Gasteiger partial charge in [-0.1, -0.05) is 32.9 Å². The minimum atomic E-state index is 0.530. The maximum absolute atomic E-state index is 5.62. The van der Waals surface area contributed by atoms with Crippen molar-refractivity contribution in [2.45, 2.75) is 46.0 Å². The van der Waals surface area contributed by atoms with Crippen LogP contribution < -0.4 is 10.5 Å². The van der Waals surface area contributed by atoms with Crippen molar-refractivity contribution in [1.82, 2.24) is 0 Å². The molecule has 0 saturated carbocycles. The summed E-state index contributed by atoms with van der Waals surface area (Å²) in [6.45, 7) is 7.36. The Labute approximate surface area is 105 Å². The van der Waals surface area contributed by atoms with Crippen LogP contribution in [0.1, 0.15) is 49.8 Å². The Hall–Kier alpha value is -1.02. The smallest absolute Gasteiger partial charge is 0.125 e.